The second-order valence-corrected chi connectivity index (χ2v) is 5.75. The highest BCUT2D eigenvalue weighted by Crippen LogP contribution is 2.29. The van der Waals surface area contributed by atoms with Crippen LogP contribution in [0.5, 0.6) is 0 Å². The van der Waals surface area contributed by atoms with Crippen molar-refractivity contribution in [1.82, 2.24) is 4.90 Å². The molecule has 2 rings (SSSR count). The molecule has 0 aliphatic carbocycles. The monoisotopic (exact) mass is 288 g/mol. The zero-order chi connectivity index (χ0) is 14.0. The standard InChI is InChI=1S/C14H19ClF2N2/c1-9(10-4-3-5-19(2)8-10)18-14-12(15)6-11(16)7-13(14)17/h6-7,9-10,18H,3-5,8H2,1-2H3. The van der Waals surface area contributed by atoms with E-state index in [1.807, 2.05) is 6.92 Å². The zero-order valence-electron chi connectivity index (χ0n) is 11.2. The number of hydrogen-bond donors (Lipinski definition) is 1. The number of halogens is 3. The molecule has 0 spiro atoms. The molecule has 19 heavy (non-hydrogen) atoms. The Kier molecular flexibility index (Phi) is 4.63. The lowest BCUT2D eigenvalue weighted by molar-refractivity contribution is 0.197. The molecule has 106 valence electrons. The molecule has 0 amide bonds. The van der Waals surface area contributed by atoms with Crippen LogP contribution in [0.4, 0.5) is 14.5 Å². The second-order valence-electron chi connectivity index (χ2n) is 5.34. The number of nitrogens with zero attached hydrogens (tertiary/aromatic N) is 1. The van der Waals surface area contributed by atoms with Gasteiger partial charge in [0.25, 0.3) is 0 Å². The second kappa shape index (κ2) is 6.06. The third-order valence-electron chi connectivity index (χ3n) is 3.75. The summed E-state index contributed by atoms with van der Waals surface area (Å²) in [5.74, 6) is -0.849. The van der Waals surface area contributed by atoms with Crippen molar-refractivity contribution >= 4 is 17.3 Å². The molecule has 2 unspecified atom stereocenters. The van der Waals surface area contributed by atoms with Crippen molar-refractivity contribution in [2.75, 3.05) is 25.5 Å². The molecule has 1 aromatic rings. The van der Waals surface area contributed by atoms with E-state index in [9.17, 15) is 8.78 Å². The number of anilines is 1. The lowest BCUT2D eigenvalue weighted by Crippen LogP contribution is -2.40. The maximum absolute atomic E-state index is 13.7. The molecule has 1 heterocycles. The van der Waals surface area contributed by atoms with Gasteiger partial charge in [0, 0.05) is 18.7 Å². The first-order chi connectivity index (χ1) is 8.97. The van der Waals surface area contributed by atoms with Crippen LogP contribution in [0, 0.1) is 17.6 Å². The summed E-state index contributed by atoms with van der Waals surface area (Å²) in [4.78, 5) is 2.27. The number of nitrogens with one attached hydrogen (secondary N) is 1. The number of benzene rings is 1. The largest absolute Gasteiger partial charge is 0.379 e. The van der Waals surface area contributed by atoms with Crippen molar-refractivity contribution in [3.63, 3.8) is 0 Å². The van der Waals surface area contributed by atoms with Crippen LogP contribution < -0.4 is 5.32 Å². The molecule has 0 bridgehead atoms. The summed E-state index contributed by atoms with van der Waals surface area (Å²) in [6.07, 6.45) is 2.26. The predicted molar refractivity (Wildman–Crippen MR) is 74.7 cm³/mol. The maximum Gasteiger partial charge on any atom is 0.150 e. The number of rotatable bonds is 3. The van der Waals surface area contributed by atoms with E-state index in [0.717, 1.165) is 38.1 Å². The first-order valence-corrected chi connectivity index (χ1v) is 6.95. The van der Waals surface area contributed by atoms with Crippen molar-refractivity contribution in [3.05, 3.63) is 28.8 Å². The normalized spacial score (nSPS) is 22.3. The number of piperidine rings is 1. The van der Waals surface area contributed by atoms with Gasteiger partial charge in [0.05, 0.1) is 10.7 Å². The van der Waals surface area contributed by atoms with Crippen LogP contribution in [0.2, 0.25) is 5.02 Å². The van der Waals surface area contributed by atoms with Crippen LogP contribution in [0.25, 0.3) is 0 Å². The molecule has 5 heteroatoms. The van der Waals surface area contributed by atoms with Crippen molar-refractivity contribution in [1.29, 1.82) is 0 Å². The Morgan fingerprint density at radius 3 is 2.79 bits per heavy atom. The Balaban J connectivity index is 2.08. The molecule has 1 saturated heterocycles. The van der Waals surface area contributed by atoms with Gasteiger partial charge in [-0.3, -0.25) is 0 Å². The molecule has 0 saturated carbocycles. The Morgan fingerprint density at radius 2 is 2.16 bits per heavy atom. The van der Waals surface area contributed by atoms with Gasteiger partial charge in [-0.1, -0.05) is 11.6 Å². The summed E-state index contributed by atoms with van der Waals surface area (Å²) >= 11 is 5.89. The van der Waals surface area contributed by atoms with E-state index in [1.54, 1.807) is 0 Å². The lowest BCUT2D eigenvalue weighted by atomic mass is 9.91. The fourth-order valence-corrected chi connectivity index (χ4v) is 2.89. The smallest absolute Gasteiger partial charge is 0.150 e. The van der Waals surface area contributed by atoms with E-state index in [1.165, 1.54) is 0 Å². The molecule has 0 radical (unpaired) electrons. The van der Waals surface area contributed by atoms with E-state index >= 15 is 0 Å². The Morgan fingerprint density at radius 1 is 1.42 bits per heavy atom. The minimum Gasteiger partial charge on any atom is -0.379 e. The van der Waals surface area contributed by atoms with Gasteiger partial charge < -0.3 is 10.2 Å². The van der Waals surface area contributed by atoms with Gasteiger partial charge in [0.15, 0.2) is 5.82 Å². The molecule has 2 nitrogen and oxygen atoms in total. The summed E-state index contributed by atoms with van der Waals surface area (Å²) in [7, 11) is 2.09. The highest BCUT2D eigenvalue weighted by Gasteiger charge is 2.24. The van der Waals surface area contributed by atoms with Crippen molar-refractivity contribution in [2.45, 2.75) is 25.8 Å². The summed E-state index contributed by atoms with van der Waals surface area (Å²) in [5.41, 5.74) is 0.198. The van der Waals surface area contributed by atoms with Gasteiger partial charge in [-0.2, -0.15) is 0 Å². The molecular weight excluding hydrogens is 270 g/mol. The minimum absolute atomic E-state index is 0.0912. The Labute approximate surface area is 117 Å². The zero-order valence-corrected chi connectivity index (χ0v) is 12.0. The molecule has 1 aliphatic heterocycles. The molecule has 1 aliphatic rings. The van der Waals surface area contributed by atoms with Crippen LogP contribution in [-0.4, -0.2) is 31.1 Å². The molecule has 2 atom stereocenters. The third-order valence-corrected chi connectivity index (χ3v) is 4.05. The molecule has 1 aromatic carbocycles. The van der Waals surface area contributed by atoms with Crippen LogP contribution >= 0.6 is 11.6 Å². The van der Waals surface area contributed by atoms with Crippen LogP contribution in [0.3, 0.4) is 0 Å². The van der Waals surface area contributed by atoms with Gasteiger partial charge in [0.1, 0.15) is 5.82 Å². The Hall–Kier alpha value is -0.870. The molecule has 1 fully saturated rings. The average molecular weight is 289 g/mol. The predicted octanol–water partition coefficient (Wildman–Crippen LogP) is 3.76. The fourth-order valence-electron chi connectivity index (χ4n) is 2.64. The van der Waals surface area contributed by atoms with Gasteiger partial charge in [-0.05, 0) is 45.3 Å². The number of hydrogen-bond acceptors (Lipinski definition) is 2. The van der Waals surface area contributed by atoms with E-state index in [0.29, 0.717) is 5.92 Å². The van der Waals surface area contributed by atoms with E-state index < -0.39 is 11.6 Å². The van der Waals surface area contributed by atoms with Gasteiger partial charge in [-0.15, -0.1) is 0 Å². The highest BCUT2D eigenvalue weighted by atomic mass is 35.5. The van der Waals surface area contributed by atoms with Crippen molar-refractivity contribution in [3.8, 4) is 0 Å². The van der Waals surface area contributed by atoms with E-state index in [-0.39, 0.29) is 16.8 Å². The summed E-state index contributed by atoms with van der Waals surface area (Å²) in [6, 6.07) is 2.08. The Bertz CT molecular complexity index is 430. The van der Waals surface area contributed by atoms with Gasteiger partial charge in [0.2, 0.25) is 0 Å². The van der Waals surface area contributed by atoms with E-state index in [2.05, 4.69) is 17.3 Å². The lowest BCUT2D eigenvalue weighted by Gasteiger charge is -2.34. The third kappa shape index (κ3) is 3.57. The number of likely N-dealkylation sites (tertiary alicyclic amines) is 1. The van der Waals surface area contributed by atoms with E-state index in [4.69, 9.17) is 11.6 Å². The fraction of sp³-hybridized carbons (Fsp3) is 0.571. The quantitative estimate of drug-likeness (QED) is 0.911. The van der Waals surface area contributed by atoms with Gasteiger partial charge >= 0.3 is 0 Å². The first-order valence-electron chi connectivity index (χ1n) is 6.57. The maximum atomic E-state index is 13.7. The first kappa shape index (κ1) is 14.5. The highest BCUT2D eigenvalue weighted by molar-refractivity contribution is 6.33. The van der Waals surface area contributed by atoms with Crippen LogP contribution in [0.1, 0.15) is 19.8 Å². The molecular formula is C14H19ClF2N2. The topological polar surface area (TPSA) is 15.3 Å². The summed E-state index contributed by atoms with van der Waals surface area (Å²) in [6.45, 7) is 4.10. The summed E-state index contributed by atoms with van der Waals surface area (Å²) in [5, 5.41) is 3.19. The molecule has 0 aromatic heterocycles. The minimum atomic E-state index is -0.655. The van der Waals surface area contributed by atoms with Gasteiger partial charge in [-0.25, -0.2) is 8.78 Å². The average Bonchev–Trinajstić information content (AvgIpc) is 2.33. The molecule has 1 N–H and O–H groups in total. The van der Waals surface area contributed by atoms with Crippen molar-refractivity contribution < 1.29 is 8.78 Å². The SMILES string of the molecule is CC(Nc1c(F)cc(F)cc1Cl)C1CCCN(C)C1. The van der Waals surface area contributed by atoms with Crippen LogP contribution in [-0.2, 0) is 0 Å². The van der Waals surface area contributed by atoms with Crippen LogP contribution in [0.15, 0.2) is 12.1 Å². The summed E-state index contributed by atoms with van der Waals surface area (Å²) < 4.78 is 26.7. The van der Waals surface area contributed by atoms with Crippen molar-refractivity contribution in [2.24, 2.45) is 5.92 Å².